The first kappa shape index (κ1) is 18.4. The smallest absolute Gasteiger partial charge is 0.191 e. The quantitative estimate of drug-likeness (QED) is 0.453. The molecule has 1 rings (SSSR count). The lowest BCUT2D eigenvalue weighted by Gasteiger charge is -2.11. The van der Waals surface area contributed by atoms with E-state index in [1.54, 1.807) is 19.1 Å². The molecule has 5 nitrogen and oxygen atoms in total. The lowest BCUT2D eigenvalue weighted by Crippen LogP contribution is -2.38. The maximum Gasteiger partial charge on any atom is 0.191 e. The Morgan fingerprint density at radius 1 is 1.32 bits per heavy atom. The number of rotatable bonds is 7. The molecule has 1 aromatic rings. The second kappa shape index (κ2) is 8.73. The van der Waals surface area contributed by atoms with Gasteiger partial charge < -0.3 is 10.6 Å². The Balaban J connectivity index is 2.55. The molecule has 7 heteroatoms. The predicted molar refractivity (Wildman–Crippen MR) is 88.3 cm³/mol. The van der Waals surface area contributed by atoms with Crippen molar-refractivity contribution in [3.05, 3.63) is 35.1 Å². The van der Waals surface area contributed by atoms with Crippen molar-refractivity contribution >= 4 is 15.8 Å². The fourth-order valence-corrected chi connectivity index (χ4v) is 2.53. The van der Waals surface area contributed by atoms with Gasteiger partial charge in [0.2, 0.25) is 0 Å². The van der Waals surface area contributed by atoms with Crippen molar-refractivity contribution in [1.29, 1.82) is 0 Å². The number of halogens is 1. The third-order valence-electron chi connectivity index (χ3n) is 2.97. The summed E-state index contributed by atoms with van der Waals surface area (Å²) in [6.45, 7) is 5.34. The molecule has 0 aliphatic heterocycles. The first-order chi connectivity index (χ1) is 10.3. The molecule has 0 spiro atoms. The average Bonchev–Trinajstić information content (AvgIpc) is 2.43. The van der Waals surface area contributed by atoms with Gasteiger partial charge in [-0.25, -0.2) is 17.8 Å². The zero-order chi connectivity index (χ0) is 16.6. The summed E-state index contributed by atoms with van der Waals surface area (Å²) in [4.78, 5) is 4.41. The molecule has 2 N–H and O–H groups in total. The largest absolute Gasteiger partial charge is 0.357 e. The number of hydrogen-bond donors (Lipinski definition) is 2. The standard InChI is InChI=1S/C15H24FN3O2S/c1-4-17-15(18-8-5-9-22(3,20)21)19-11-13-6-7-14(16)12(2)10-13/h6-7,10H,4-5,8-9,11H2,1-3H3,(H2,17,18,19). The molecule has 0 radical (unpaired) electrons. The van der Waals surface area contributed by atoms with Crippen molar-refractivity contribution in [2.45, 2.75) is 26.8 Å². The van der Waals surface area contributed by atoms with Gasteiger partial charge in [0.25, 0.3) is 0 Å². The average molecular weight is 329 g/mol. The summed E-state index contributed by atoms with van der Waals surface area (Å²) < 4.78 is 35.3. The van der Waals surface area contributed by atoms with Crippen molar-refractivity contribution in [3.63, 3.8) is 0 Å². The highest BCUT2D eigenvalue weighted by Crippen LogP contribution is 2.09. The molecule has 0 saturated carbocycles. The topological polar surface area (TPSA) is 70.6 Å². The molecule has 0 aliphatic rings. The van der Waals surface area contributed by atoms with Gasteiger partial charge >= 0.3 is 0 Å². The van der Waals surface area contributed by atoms with E-state index in [2.05, 4.69) is 15.6 Å². The van der Waals surface area contributed by atoms with Crippen LogP contribution >= 0.6 is 0 Å². The maximum absolute atomic E-state index is 13.2. The van der Waals surface area contributed by atoms with Gasteiger partial charge in [-0.2, -0.15) is 0 Å². The van der Waals surface area contributed by atoms with E-state index in [-0.39, 0.29) is 11.6 Å². The number of aryl methyl sites for hydroxylation is 1. The number of hydrogen-bond acceptors (Lipinski definition) is 3. The molecule has 1 aromatic carbocycles. The minimum atomic E-state index is -2.93. The number of nitrogens with zero attached hydrogens (tertiary/aromatic N) is 1. The Bertz CT molecular complexity index is 615. The van der Waals surface area contributed by atoms with Gasteiger partial charge in [-0.3, -0.25) is 0 Å². The van der Waals surface area contributed by atoms with Crippen LogP contribution in [0, 0.1) is 12.7 Å². The second-order valence-corrected chi connectivity index (χ2v) is 7.45. The minimum absolute atomic E-state index is 0.149. The molecule has 0 bridgehead atoms. The summed E-state index contributed by atoms with van der Waals surface area (Å²) in [6, 6.07) is 4.91. The summed E-state index contributed by atoms with van der Waals surface area (Å²) in [5.41, 5.74) is 1.52. The Morgan fingerprint density at radius 2 is 2.05 bits per heavy atom. The highest BCUT2D eigenvalue weighted by molar-refractivity contribution is 7.90. The molecule has 0 saturated heterocycles. The van der Waals surface area contributed by atoms with Gasteiger partial charge in [0.05, 0.1) is 12.3 Å². The van der Waals surface area contributed by atoms with Crippen LogP contribution in [-0.4, -0.2) is 39.5 Å². The Kier molecular flexibility index (Phi) is 7.31. The minimum Gasteiger partial charge on any atom is -0.357 e. The van der Waals surface area contributed by atoms with Crippen LogP contribution in [-0.2, 0) is 16.4 Å². The van der Waals surface area contributed by atoms with E-state index < -0.39 is 9.84 Å². The number of sulfone groups is 1. The first-order valence-corrected chi connectivity index (χ1v) is 9.33. The number of aliphatic imine (C=N–C) groups is 1. The van der Waals surface area contributed by atoms with Crippen LogP contribution in [0.25, 0.3) is 0 Å². The zero-order valence-corrected chi connectivity index (χ0v) is 14.1. The first-order valence-electron chi connectivity index (χ1n) is 7.26. The summed E-state index contributed by atoms with van der Waals surface area (Å²) in [5, 5.41) is 6.18. The maximum atomic E-state index is 13.2. The van der Waals surface area contributed by atoms with Gasteiger partial charge in [-0.05, 0) is 37.5 Å². The Labute approximate surface area is 132 Å². The van der Waals surface area contributed by atoms with E-state index in [9.17, 15) is 12.8 Å². The molecular weight excluding hydrogens is 305 g/mol. The van der Waals surface area contributed by atoms with E-state index >= 15 is 0 Å². The summed E-state index contributed by atoms with van der Waals surface area (Å²) >= 11 is 0. The molecule has 0 fully saturated rings. The molecule has 0 unspecified atom stereocenters. The van der Waals surface area contributed by atoms with Gasteiger partial charge in [0.15, 0.2) is 5.96 Å². The van der Waals surface area contributed by atoms with Crippen LogP contribution in [0.2, 0.25) is 0 Å². The van der Waals surface area contributed by atoms with Gasteiger partial charge in [-0.15, -0.1) is 0 Å². The van der Waals surface area contributed by atoms with E-state index in [4.69, 9.17) is 0 Å². The Morgan fingerprint density at radius 3 is 2.64 bits per heavy atom. The highest BCUT2D eigenvalue weighted by atomic mass is 32.2. The van der Waals surface area contributed by atoms with Crippen molar-refractivity contribution in [2.75, 3.05) is 25.1 Å². The number of benzene rings is 1. The van der Waals surface area contributed by atoms with Crippen molar-refractivity contribution in [1.82, 2.24) is 10.6 Å². The summed E-state index contributed by atoms with van der Waals surface area (Å²) in [6.07, 6.45) is 1.75. The number of guanidine groups is 1. The fraction of sp³-hybridized carbons (Fsp3) is 0.533. The van der Waals surface area contributed by atoms with Crippen LogP contribution in [0.15, 0.2) is 23.2 Å². The molecule has 124 valence electrons. The lowest BCUT2D eigenvalue weighted by molar-refractivity contribution is 0.598. The molecule has 0 amide bonds. The third kappa shape index (κ3) is 7.40. The van der Waals surface area contributed by atoms with Crippen LogP contribution < -0.4 is 10.6 Å². The normalized spacial score (nSPS) is 12.3. The van der Waals surface area contributed by atoms with Crippen LogP contribution in [0.1, 0.15) is 24.5 Å². The number of nitrogens with one attached hydrogen (secondary N) is 2. The van der Waals surface area contributed by atoms with E-state index in [0.717, 1.165) is 5.56 Å². The van der Waals surface area contributed by atoms with Crippen LogP contribution in [0.5, 0.6) is 0 Å². The SMILES string of the molecule is CCNC(=NCc1ccc(F)c(C)c1)NCCCS(C)(=O)=O. The summed E-state index contributed by atoms with van der Waals surface area (Å²) in [5.74, 6) is 0.549. The Hall–Kier alpha value is -1.63. The molecule has 0 aliphatic carbocycles. The van der Waals surface area contributed by atoms with E-state index in [1.165, 1.54) is 12.3 Å². The highest BCUT2D eigenvalue weighted by Gasteiger charge is 2.03. The van der Waals surface area contributed by atoms with Crippen molar-refractivity contribution < 1.29 is 12.8 Å². The van der Waals surface area contributed by atoms with Gasteiger partial charge in [-0.1, -0.05) is 12.1 Å². The third-order valence-corrected chi connectivity index (χ3v) is 4.00. The van der Waals surface area contributed by atoms with Crippen molar-refractivity contribution in [2.24, 2.45) is 4.99 Å². The molecule has 22 heavy (non-hydrogen) atoms. The molecule has 0 heterocycles. The van der Waals surface area contributed by atoms with Crippen LogP contribution in [0.4, 0.5) is 4.39 Å². The monoisotopic (exact) mass is 329 g/mol. The summed E-state index contributed by atoms with van der Waals surface area (Å²) in [7, 11) is -2.93. The molecular formula is C15H24FN3O2S. The van der Waals surface area contributed by atoms with Crippen LogP contribution in [0.3, 0.4) is 0 Å². The van der Waals surface area contributed by atoms with Crippen molar-refractivity contribution in [3.8, 4) is 0 Å². The predicted octanol–water partition coefficient (Wildman–Crippen LogP) is 1.62. The molecule has 0 atom stereocenters. The van der Waals surface area contributed by atoms with Gasteiger partial charge in [0, 0.05) is 19.3 Å². The molecule has 0 aromatic heterocycles. The lowest BCUT2D eigenvalue weighted by atomic mass is 10.1. The van der Waals surface area contributed by atoms with E-state index in [0.29, 0.717) is 37.6 Å². The zero-order valence-electron chi connectivity index (χ0n) is 13.3. The fourth-order valence-electron chi connectivity index (χ4n) is 1.86. The van der Waals surface area contributed by atoms with E-state index in [1.807, 2.05) is 6.92 Å². The second-order valence-electron chi connectivity index (χ2n) is 5.19. The van der Waals surface area contributed by atoms with Gasteiger partial charge in [0.1, 0.15) is 15.7 Å².